The Morgan fingerprint density at radius 1 is 0.522 bits per heavy atom. The van der Waals surface area contributed by atoms with Gasteiger partial charge in [0.15, 0.2) is 0 Å². The Labute approximate surface area is 268 Å². The smallest absolute Gasteiger partial charge is 0.137 e. The Morgan fingerprint density at radius 3 is 1.78 bits per heavy atom. The normalized spacial score (nSPS) is 11.3. The highest BCUT2D eigenvalue weighted by molar-refractivity contribution is 5.88. The molecule has 0 N–H and O–H groups in total. The molecule has 0 saturated heterocycles. The zero-order valence-corrected chi connectivity index (χ0v) is 25.7. The third-order valence-electron chi connectivity index (χ3n) is 8.45. The van der Waals surface area contributed by atoms with Gasteiger partial charge < -0.3 is 9.30 Å². The van der Waals surface area contributed by atoms with Gasteiger partial charge in [-0.1, -0.05) is 78.9 Å². The first kappa shape index (κ1) is 27.5. The molecule has 0 aliphatic rings. The molecule has 0 saturated carbocycles. The SMILES string of the molecule is Cc1cc(N(c2ccccc2)c2ccc(-c3nc4ccccc4nc3-c3ccccc3)cc2)c(C)cc1-c1cn2ccccc2n1. The van der Waals surface area contributed by atoms with Crippen LogP contribution in [0.1, 0.15) is 11.1 Å². The van der Waals surface area contributed by atoms with Crippen molar-refractivity contribution >= 4 is 33.7 Å². The van der Waals surface area contributed by atoms with Crippen LogP contribution >= 0.6 is 0 Å². The predicted octanol–water partition coefficient (Wildman–Crippen LogP) is 10.4. The fourth-order valence-electron chi connectivity index (χ4n) is 6.15. The van der Waals surface area contributed by atoms with E-state index in [1.165, 1.54) is 5.56 Å². The summed E-state index contributed by atoms with van der Waals surface area (Å²) in [5.74, 6) is 0. The van der Waals surface area contributed by atoms with Crippen LogP contribution in [0.3, 0.4) is 0 Å². The summed E-state index contributed by atoms with van der Waals surface area (Å²) in [7, 11) is 0. The summed E-state index contributed by atoms with van der Waals surface area (Å²) in [6, 6.07) is 48.2. The van der Waals surface area contributed by atoms with Crippen molar-refractivity contribution in [2.45, 2.75) is 13.8 Å². The van der Waals surface area contributed by atoms with Crippen LogP contribution < -0.4 is 4.90 Å². The fourth-order valence-corrected chi connectivity index (χ4v) is 6.15. The summed E-state index contributed by atoms with van der Waals surface area (Å²) < 4.78 is 2.07. The van der Waals surface area contributed by atoms with Gasteiger partial charge in [0.25, 0.3) is 0 Å². The molecule has 0 unspecified atom stereocenters. The van der Waals surface area contributed by atoms with E-state index < -0.39 is 0 Å². The van der Waals surface area contributed by atoms with E-state index in [-0.39, 0.29) is 0 Å². The highest BCUT2D eigenvalue weighted by Crippen LogP contribution is 2.40. The highest BCUT2D eigenvalue weighted by Gasteiger charge is 2.19. The molecule has 5 nitrogen and oxygen atoms in total. The number of rotatable bonds is 6. The molecule has 220 valence electrons. The quantitative estimate of drug-likeness (QED) is 0.192. The molecular weight excluding hydrogens is 562 g/mol. The maximum Gasteiger partial charge on any atom is 0.137 e. The van der Waals surface area contributed by atoms with Crippen molar-refractivity contribution in [3.05, 3.63) is 163 Å². The second kappa shape index (κ2) is 11.5. The summed E-state index contributed by atoms with van der Waals surface area (Å²) in [5, 5.41) is 0. The largest absolute Gasteiger partial charge is 0.310 e. The molecular formula is C41H31N5. The number of pyridine rings is 1. The van der Waals surface area contributed by atoms with E-state index in [0.29, 0.717) is 0 Å². The summed E-state index contributed by atoms with van der Waals surface area (Å²) in [6.07, 6.45) is 4.14. The molecule has 3 heterocycles. The van der Waals surface area contributed by atoms with Gasteiger partial charge in [0.1, 0.15) is 5.65 Å². The Balaban J connectivity index is 1.23. The highest BCUT2D eigenvalue weighted by atomic mass is 15.1. The summed E-state index contributed by atoms with van der Waals surface area (Å²) in [5.41, 5.74) is 14.2. The molecule has 0 aliphatic heterocycles. The van der Waals surface area contributed by atoms with E-state index in [1.54, 1.807) is 0 Å². The molecule has 5 aromatic carbocycles. The van der Waals surface area contributed by atoms with Crippen molar-refractivity contribution in [2.75, 3.05) is 4.90 Å². The lowest BCUT2D eigenvalue weighted by Crippen LogP contribution is -2.12. The summed E-state index contributed by atoms with van der Waals surface area (Å²) >= 11 is 0. The maximum atomic E-state index is 5.11. The average molecular weight is 594 g/mol. The van der Waals surface area contributed by atoms with E-state index >= 15 is 0 Å². The van der Waals surface area contributed by atoms with Crippen LogP contribution in [0.2, 0.25) is 0 Å². The van der Waals surface area contributed by atoms with Crippen LogP contribution in [-0.2, 0) is 0 Å². The molecule has 8 rings (SSSR count). The monoisotopic (exact) mass is 593 g/mol. The van der Waals surface area contributed by atoms with Crippen molar-refractivity contribution in [1.29, 1.82) is 0 Å². The minimum Gasteiger partial charge on any atom is -0.310 e. The zero-order valence-electron chi connectivity index (χ0n) is 25.7. The van der Waals surface area contributed by atoms with Crippen molar-refractivity contribution in [1.82, 2.24) is 19.4 Å². The number of hydrogen-bond donors (Lipinski definition) is 0. The first-order valence-corrected chi connectivity index (χ1v) is 15.5. The number of aryl methyl sites for hydroxylation is 2. The minimum atomic E-state index is 0.867. The molecule has 5 heteroatoms. The van der Waals surface area contributed by atoms with Gasteiger partial charge in [-0.3, -0.25) is 0 Å². The molecule has 3 aromatic heterocycles. The van der Waals surface area contributed by atoms with Crippen molar-refractivity contribution in [3.63, 3.8) is 0 Å². The van der Waals surface area contributed by atoms with E-state index in [2.05, 4.69) is 108 Å². The standard InChI is InChI=1S/C41H31N5/c1-28-26-38(29(2)25-34(28)37-27-45-24-12-11-19-39(45)42-37)46(32-15-7-4-8-16-32)33-22-20-31(21-23-33)41-40(30-13-5-3-6-14-30)43-35-17-9-10-18-36(35)44-41/h3-27H,1-2H3. The van der Waals surface area contributed by atoms with Crippen LogP contribution in [0, 0.1) is 13.8 Å². The fraction of sp³-hybridized carbons (Fsp3) is 0.0488. The van der Waals surface area contributed by atoms with Crippen molar-refractivity contribution < 1.29 is 0 Å². The van der Waals surface area contributed by atoms with Crippen LogP contribution in [0.5, 0.6) is 0 Å². The maximum absolute atomic E-state index is 5.11. The lowest BCUT2D eigenvalue weighted by molar-refractivity contribution is 1.19. The molecule has 0 fully saturated rings. The molecule has 46 heavy (non-hydrogen) atoms. The number of aromatic nitrogens is 4. The number of nitrogens with zero attached hydrogens (tertiary/aromatic N) is 5. The number of benzene rings is 5. The first-order valence-electron chi connectivity index (χ1n) is 15.5. The third kappa shape index (κ3) is 4.98. The van der Waals surface area contributed by atoms with Crippen LogP contribution in [0.4, 0.5) is 17.1 Å². The van der Waals surface area contributed by atoms with Gasteiger partial charge in [0.05, 0.1) is 28.1 Å². The number of para-hydroxylation sites is 3. The summed E-state index contributed by atoms with van der Waals surface area (Å²) in [4.78, 5) is 17.4. The molecule has 0 bridgehead atoms. The predicted molar refractivity (Wildman–Crippen MR) is 189 cm³/mol. The Hall–Kier alpha value is -6.07. The van der Waals surface area contributed by atoms with Gasteiger partial charge in [0.2, 0.25) is 0 Å². The average Bonchev–Trinajstić information content (AvgIpc) is 3.55. The van der Waals surface area contributed by atoms with E-state index in [1.807, 2.05) is 66.9 Å². The van der Waals surface area contributed by atoms with E-state index in [9.17, 15) is 0 Å². The summed E-state index contributed by atoms with van der Waals surface area (Å²) in [6.45, 7) is 4.34. The van der Waals surface area contributed by atoms with E-state index in [0.717, 1.165) is 73.1 Å². The molecule has 0 radical (unpaired) electrons. The van der Waals surface area contributed by atoms with Crippen molar-refractivity contribution in [3.8, 4) is 33.8 Å². The second-order valence-corrected chi connectivity index (χ2v) is 11.5. The van der Waals surface area contributed by atoms with Gasteiger partial charge in [0, 0.05) is 46.1 Å². The molecule has 8 aromatic rings. The van der Waals surface area contributed by atoms with Gasteiger partial charge >= 0.3 is 0 Å². The first-order chi connectivity index (χ1) is 22.6. The zero-order chi connectivity index (χ0) is 31.0. The number of fused-ring (bicyclic) bond motifs is 2. The third-order valence-corrected chi connectivity index (χ3v) is 8.45. The molecule has 0 atom stereocenters. The molecule has 0 aliphatic carbocycles. The second-order valence-electron chi connectivity index (χ2n) is 11.5. The number of hydrogen-bond acceptors (Lipinski definition) is 4. The number of imidazole rings is 1. The topological polar surface area (TPSA) is 46.3 Å². The van der Waals surface area contributed by atoms with Gasteiger partial charge in [-0.25, -0.2) is 15.0 Å². The Kier molecular flexibility index (Phi) is 6.84. The van der Waals surface area contributed by atoms with Crippen molar-refractivity contribution in [2.24, 2.45) is 0 Å². The number of anilines is 3. The minimum absolute atomic E-state index is 0.867. The van der Waals surface area contributed by atoms with Gasteiger partial charge in [-0.05, 0) is 85.6 Å². The Bertz CT molecular complexity index is 2290. The lowest BCUT2D eigenvalue weighted by Gasteiger charge is -2.28. The lowest BCUT2D eigenvalue weighted by atomic mass is 9.99. The van der Waals surface area contributed by atoms with Crippen LogP contribution in [0.25, 0.3) is 50.5 Å². The van der Waals surface area contributed by atoms with Crippen LogP contribution in [0.15, 0.2) is 152 Å². The van der Waals surface area contributed by atoms with Gasteiger partial charge in [-0.15, -0.1) is 0 Å². The van der Waals surface area contributed by atoms with Gasteiger partial charge in [-0.2, -0.15) is 0 Å². The molecule has 0 amide bonds. The van der Waals surface area contributed by atoms with Crippen LogP contribution in [-0.4, -0.2) is 19.4 Å². The molecule has 0 spiro atoms. The Morgan fingerprint density at radius 2 is 1.11 bits per heavy atom. The van der Waals surface area contributed by atoms with E-state index in [4.69, 9.17) is 15.0 Å².